The van der Waals surface area contributed by atoms with Gasteiger partial charge < -0.3 is 9.80 Å². The van der Waals surface area contributed by atoms with Crippen LogP contribution in [0.15, 0.2) is 53.4 Å². The van der Waals surface area contributed by atoms with Gasteiger partial charge in [-0.15, -0.1) is 0 Å². The van der Waals surface area contributed by atoms with E-state index in [-0.39, 0.29) is 23.0 Å². The second-order valence-corrected chi connectivity index (χ2v) is 9.43. The molecule has 0 aromatic heterocycles. The summed E-state index contributed by atoms with van der Waals surface area (Å²) in [4.78, 5) is 15.7. The number of hydrogen-bond acceptors (Lipinski definition) is 3. The standard InChI is InChI=1S/C21H25FN2O3S/c1-17-3-2-4-18(15-17)16-23-10-12-24(13-11-23)21(25)9-14-28(26,27)20-7-5-19(22)6-8-20/h2-8,15H,9-14,16H2,1H3/p+1. The highest BCUT2D eigenvalue weighted by Gasteiger charge is 2.25. The van der Waals surface area contributed by atoms with Crippen LogP contribution in [-0.4, -0.2) is 51.2 Å². The van der Waals surface area contributed by atoms with Gasteiger partial charge in [-0.3, -0.25) is 4.79 Å². The van der Waals surface area contributed by atoms with E-state index in [0.717, 1.165) is 31.8 Å². The first-order valence-corrected chi connectivity index (χ1v) is 11.1. The van der Waals surface area contributed by atoms with E-state index in [1.165, 1.54) is 28.2 Å². The molecule has 0 aliphatic carbocycles. The van der Waals surface area contributed by atoms with E-state index in [1.54, 1.807) is 4.90 Å². The van der Waals surface area contributed by atoms with Gasteiger partial charge in [-0.1, -0.05) is 29.8 Å². The number of hydrogen-bond donors (Lipinski definition) is 1. The van der Waals surface area contributed by atoms with E-state index in [2.05, 4.69) is 31.2 Å². The average molecular weight is 406 g/mol. The first kappa shape index (κ1) is 20.5. The van der Waals surface area contributed by atoms with Crippen molar-refractivity contribution in [3.05, 3.63) is 65.5 Å². The van der Waals surface area contributed by atoms with Crippen molar-refractivity contribution in [1.82, 2.24) is 4.90 Å². The number of halogens is 1. The van der Waals surface area contributed by atoms with Gasteiger partial charge in [-0.25, -0.2) is 12.8 Å². The summed E-state index contributed by atoms with van der Waals surface area (Å²) in [6.07, 6.45) is -0.0487. The molecule has 1 N–H and O–H groups in total. The summed E-state index contributed by atoms with van der Waals surface area (Å²) < 4.78 is 37.6. The molecule has 1 heterocycles. The van der Waals surface area contributed by atoms with E-state index >= 15 is 0 Å². The minimum Gasteiger partial charge on any atom is -0.331 e. The number of sulfone groups is 1. The van der Waals surface area contributed by atoms with Crippen molar-refractivity contribution in [2.45, 2.75) is 24.8 Å². The number of quaternary nitrogens is 1. The fourth-order valence-electron chi connectivity index (χ4n) is 3.50. The highest BCUT2D eigenvalue weighted by molar-refractivity contribution is 7.91. The molecule has 2 aromatic rings. The zero-order valence-electron chi connectivity index (χ0n) is 16.0. The predicted molar refractivity (Wildman–Crippen MR) is 105 cm³/mol. The molecule has 7 heteroatoms. The number of benzene rings is 2. The van der Waals surface area contributed by atoms with Crippen molar-refractivity contribution in [2.75, 3.05) is 31.9 Å². The van der Waals surface area contributed by atoms with Crippen LogP contribution in [0.1, 0.15) is 17.5 Å². The second-order valence-electron chi connectivity index (χ2n) is 7.32. The van der Waals surface area contributed by atoms with Crippen molar-refractivity contribution in [1.29, 1.82) is 0 Å². The van der Waals surface area contributed by atoms with Crippen molar-refractivity contribution in [2.24, 2.45) is 0 Å². The lowest BCUT2D eigenvalue weighted by molar-refractivity contribution is -0.917. The van der Waals surface area contributed by atoms with Crippen LogP contribution in [0.25, 0.3) is 0 Å². The van der Waals surface area contributed by atoms with Crippen LogP contribution < -0.4 is 4.90 Å². The van der Waals surface area contributed by atoms with Gasteiger partial charge >= 0.3 is 0 Å². The molecule has 28 heavy (non-hydrogen) atoms. The van der Waals surface area contributed by atoms with Gasteiger partial charge in [0.25, 0.3) is 0 Å². The van der Waals surface area contributed by atoms with Gasteiger partial charge in [0.05, 0.1) is 36.8 Å². The number of nitrogens with one attached hydrogen (secondary N) is 1. The van der Waals surface area contributed by atoms with Gasteiger partial charge in [0.2, 0.25) is 5.91 Å². The topological polar surface area (TPSA) is 58.9 Å². The van der Waals surface area contributed by atoms with Crippen molar-refractivity contribution in [3.8, 4) is 0 Å². The average Bonchev–Trinajstić information content (AvgIpc) is 2.67. The quantitative estimate of drug-likeness (QED) is 0.736. The number of aryl methyl sites for hydroxylation is 1. The number of nitrogens with zero attached hydrogens (tertiary/aromatic N) is 1. The Bertz CT molecular complexity index is 921. The van der Waals surface area contributed by atoms with Crippen LogP contribution in [0.2, 0.25) is 0 Å². The Morgan fingerprint density at radius 2 is 1.79 bits per heavy atom. The Balaban J connectivity index is 1.48. The number of rotatable bonds is 6. The predicted octanol–water partition coefficient (Wildman–Crippen LogP) is 1.23. The van der Waals surface area contributed by atoms with Crippen LogP contribution in [0.3, 0.4) is 0 Å². The van der Waals surface area contributed by atoms with Gasteiger partial charge in [0.15, 0.2) is 9.84 Å². The SMILES string of the molecule is Cc1cccc(C[NH+]2CCN(C(=O)CCS(=O)(=O)c3ccc(F)cc3)CC2)c1. The zero-order valence-corrected chi connectivity index (χ0v) is 16.8. The molecule has 150 valence electrons. The van der Waals surface area contributed by atoms with Crippen LogP contribution in [0, 0.1) is 12.7 Å². The lowest BCUT2D eigenvalue weighted by Crippen LogP contribution is -3.13. The third-order valence-electron chi connectivity index (χ3n) is 5.12. The Hall–Kier alpha value is -2.25. The molecular formula is C21H26FN2O3S+. The normalized spacial score (nSPS) is 15.6. The summed E-state index contributed by atoms with van der Waals surface area (Å²) in [6, 6.07) is 13.2. The summed E-state index contributed by atoms with van der Waals surface area (Å²) in [6.45, 7) is 5.99. The molecule has 0 bridgehead atoms. The molecule has 0 spiro atoms. The molecule has 0 radical (unpaired) electrons. The summed E-state index contributed by atoms with van der Waals surface area (Å²) >= 11 is 0. The third kappa shape index (κ3) is 5.39. The van der Waals surface area contributed by atoms with Crippen molar-refractivity contribution < 1.29 is 22.5 Å². The summed E-state index contributed by atoms with van der Waals surface area (Å²) in [5, 5.41) is 0. The molecule has 0 atom stereocenters. The van der Waals surface area contributed by atoms with E-state index < -0.39 is 15.7 Å². The molecule has 3 rings (SSSR count). The first-order valence-electron chi connectivity index (χ1n) is 9.49. The Morgan fingerprint density at radius 3 is 2.43 bits per heavy atom. The van der Waals surface area contributed by atoms with Gasteiger partial charge in [0, 0.05) is 12.0 Å². The van der Waals surface area contributed by atoms with Gasteiger partial charge in [-0.05, 0) is 31.2 Å². The van der Waals surface area contributed by atoms with E-state index in [1.807, 2.05) is 0 Å². The van der Waals surface area contributed by atoms with E-state index in [0.29, 0.717) is 13.1 Å². The molecule has 1 aliphatic heterocycles. The number of carbonyl (C=O) groups is 1. The fraction of sp³-hybridized carbons (Fsp3) is 0.381. The minimum atomic E-state index is -3.59. The second kappa shape index (κ2) is 8.84. The number of piperazine rings is 1. The Morgan fingerprint density at radius 1 is 1.11 bits per heavy atom. The molecule has 5 nitrogen and oxygen atoms in total. The zero-order chi connectivity index (χ0) is 20.1. The van der Waals surface area contributed by atoms with E-state index in [9.17, 15) is 17.6 Å². The van der Waals surface area contributed by atoms with Crippen molar-refractivity contribution >= 4 is 15.7 Å². The lowest BCUT2D eigenvalue weighted by atomic mass is 10.1. The maximum Gasteiger partial charge on any atom is 0.224 e. The van der Waals surface area contributed by atoms with Crippen LogP contribution >= 0.6 is 0 Å². The van der Waals surface area contributed by atoms with Gasteiger partial charge in [-0.2, -0.15) is 0 Å². The third-order valence-corrected chi connectivity index (χ3v) is 6.85. The molecule has 1 aliphatic rings. The molecule has 1 amide bonds. The van der Waals surface area contributed by atoms with Crippen molar-refractivity contribution in [3.63, 3.8) is 0 Å². The number of amides is 1. The lowest BCUT2D eigenvalue weighted by Gasteiger charge is -2.32. The minimum absolute atomic E-state index is 0.0487. The monoisotopic (exact) mass is 405 g/mol. The van der Waals surface area contributed by atoms with Gasteiger partial charge in [0.1, 0.15) is 12.4 Å². The van der Waals surface area contributed by atoms with Crippen LogP contribution in [0.4, 0.5) is 4.39 Å². The Labute approximate surface area is 165 Å². The molecule has 1 saturated heterocycles. The summed E-state index contributed by atoms with van der Waals surface area (Å²) in [5.41, 5.74) is 2.54. The first-order chi connectivity index (χ1) is 13.3. The fourth-order valence-corrected chi connectivity index (χ4v) is 4.73. The summed E-state index contributed by atoms with van der Waals surface area (Å²) in [5.74, 6) is -0.880. The summed E-state index contributed by atoms with van der Waals surface area (Å²) in [7, 11) is -3.59. The Kier molecular flexibility index (Phi) is 6.46. The van der Waals surface area contributed by atoms with E-state index in [4.69, 9.17) is 0 Å². The maximum atomic E-state index is 13.0. The van der Waals surface area contributed by atoms with Crippen LogP contribution in [0.5, 0.6) is 0 Å². The molecule has 0 saturated carbocycles. The highest BCUT2D eigenvalue weighted by Crippen LogP contribution is 2.13. The molecule has 0 unspecified atom stereocenters. The molecular weight excluding hydrogens is 379 g/mol. The molecule has 2 aromatic carbocycles. The maximum absolute atomic E-state index is 13.0. The number of carbonyl (C=O) groups excluding carboxylic acids is 1. The smallest absolute Gasteiger partial charge is 0.224 e. The molecule has 1 fully saturated rings. The largest absolute Gasteiger partial charge is 0.331 e. The van der Waals surface area contributed by atoms with Crippen LogP contribution in [-0.2, 0) is 21.2 Å². The highest BCUT2D eigenvalue weighted by atomic mass is 32.2.